The topological polar surface area (TPSA) is 182 Å². The van der Waals surface area contributed by atoms with Gasteiger partial charge in [0.1, 0.15) is 5.69 Å². The minimum Gasteiger partial charge on any atom is -0.829 e. The molecule has 3 atom stereocenters. The van der Waals surface area contributed by atoms with Crippen molar-refractivity contribution in [2.75, 3.05) is 16.8 Å². The van der Waals surface area contributed by atoms with Crippen LogP contribution in [0.4, 0.5) is 10.5 Å². The van der Waals surface area contributed by atoms with Gasteiger partial charge in [-0.15, -0.1) is 5.10 Å². The van der Waals surface area contributed by atoms with Crippen LogP contribution >= 0.6 is 11.8 Å². The maximum absolute atomic E-state index is 13.2. The molecule has 1 unspecified atom stereocenters. The van der Waals surface area contributed by atoms with Crippen molar-refractivity contribution in [3.8, 4) is 5.69 Å². The van der Waals surface area contributed by atoms with Gasteiger partial charge in [-0.3, -0.25) is 4.79 Å². The van der Waals surface area contributed by atoms with E-state index in [1.807, 2.05) is 18.7 Å². The minimum atomic E-state index is -4.18. The van der Waals surface area contributed by atoms with E-state index in [1.165, 1.54) is 27.9 Å². The van der Waals surface area contributed by atoms with Crippen molar-refractivity contribution in [2.45, 2.75) is 101 Å². The largest absolute Gasteiger partial charge is 0.829 e. The second-order valence-corrected chi connectivity index (χ2v) is 15.5. The number of hydrogen-bond donors (Lipinski definition) is 5. The van der Waals surface area contributed by atoms with Crippen LogP contribution in [0.5, 0.6) is 0 Å². The van der Waals surface area contributed by atoms with E-state index in [-0.39, 0.29) is 29.4 Å². The predicted molar refractivity (Wildman–Crippen MR) is 182 cm³/mol. The van der Waals surface area contributed by atoms with Gasteiger partial charge in [-0.25, -0.2) is 22.6 Å². The quantitative estimate of drug-likeness (QED) is 0.157. The Hall–Kier alpha value is -3.50. The molecule has 0 bridgehead atoms. The fourth-order valence-electron chi connectivity index (χ4n) is 6.67. The molecule has 1 saturated heterocycles. The summed E-state index contributed by atoms with van der Waals surface area (Å²) in [6.07, 6.45) is 9.65. The lowest BCUT2D eigenvalue weighted by molar-refractivity contribution is -0.432. The Kier molecular flexibility index (Phi) is 11.0. The minimum absolute atomic E-state index is 0.0726. The number of anilines is 1. The van der Waals surface area contributed by atoms with Gasteiger partial charge in [0, 0.05) is 29.9 Å². The smallest absolute Gasteiger partial charge is 0.333 e. The van der Waals surface area contributed by atoms with E-state index < -0.39 is 22.4 Å². The summed E-state index contributed by atoms with van der Waals surface area (Å²) in [5.41, 5.74) is 6.48. The van der Waals surface area contributed by atoms with Crippen molar-refractivity contribution in [1.82, 2.24) is 35.7 Å². The van der Waals surface area contributed by atoms with Crippen LogP contribution in [0.2, 0.25) is 0 Å². The Balaban J connectivity index is 0.952. The lowest BCUT2D eigenvalue weighted by atomic mass is 9.99. The van der Waals surface area contributed by atoms with E-state index in [2.05, 4.69) is 42.4 Å². The van der Waals surface area contributed by atoms with Gasteiger partial charge in [-0.05, 0) is 111 Å². The number of hydrogen-bond acceptors (Lipinski definition) is 10. The highest BCUT2D eigenvalue weighted by Gasteiger charge is 2.27. The summed E-state index contributed by atoms with van der Waals surface area (Å²) in [6.45, 7) is 2.21. The molecular weight excluding hydrogens is 653 g/mol. The number of urea groups is 1. The summed E-state index contributed by atoms with van der Waals surface area (Å²) in [5.74, 6) is 1.80. The summed E-state index contributed by atoms with van der Waals surface area (Å²) in [5, 5.41) is 31.3. The van der Waals surface area contributed by atoms with Gasteiger partial charge >= 0.3 is 6.03 Å². The molecule has 3 amide bonds. The SMILES string of the molecule is C[C@H]1NC([O-])N[C@H]1CSCCCCCC(=O)NCc1cn(-c2cccc(S(=O)(=O)NC(=O)Nc3c4c(cc5c3CCC5)CCC4)c2)nn1. The Morgan fingerprint density at radius 3 is 2.54 bits per heavy atom. The van der Waals surface area contributed by atoms with Crippen molar-refractivity contribution < 1.29 is 23.1 Å². The third-order valence-electron chi connectivity index (χ3n) is 9.21. The molecule has 48 heavy (non-hydrogen) atoms. The number of unbranched alkanes of at least 4 members (excludes halogenated alkanes) is 2. The van der Waals surface area contributed by atoms with Crippen LogP contribution in [-0.2, 0) is 47.0 Å². The molecule has 0 spiro atoms. The van der Waals surface area contributed by atoms with Crippen LogP contribution in [-0.4, -0.2) is 65.3 Å². The number of carbonyl (C=O) groups excluding carboxylic acids is 2. The van der Waals surface area contributed by atoms with E-state index in [4.69, 9.17) is 0 Å². The van der Waals surface area contributed by atoms with E-state index in [1.54, 1.807) is 18.3 Å². The number of benzene rings is 2. The molecule has 0 saturated carbocycles. The Morgan fingerprint density at radius 1 is 1.04 bits per heavy atom. The van der Waals surface area contributed by atoms with Crippen LogP contribution in [0.15, 0.2) is 41.4 Å². The first-order valence-corrected chi connectivity index (χ1v) is 19.3. The maximum atomic E-state index is 13.2. The van der Waals surface area contributed by atoms with Gasteiger partial charge in [0.2, 0.25) is 5.91 Å². The molecule has 258 valence electrons. The first kappa shape index (κ1) is 34.4. The number of fused-ring (bicyclic) bond motifs is 2. The molecule has 15 heteroatoms. The molecule has 0 radical (unpaired) electrons. The van der Waals surface area contributed by atoms with Gasteiger partial charge in [0.05, 0.1) is 23.3 Å². The molecule has 1 aliphatic heterocycles. The van der Waals surface area contributed by atoms with Crippen molar-refractivity contribution >= 4 is 39.4 Å². The lowest BCUT2D eigenvalue weighted by Gasteiger charge is -2.16. The van der Waals surface area contributed by atoms with Crippen molar-refractivity contribution in [3.05, 3.63) is 64.5 Å². The molecule has 2 aliphatic carbocycles. The highest BCUT2D eigenvalue weighted by molar-refractivity contribution is 7.99. The monoisotopic (exact) mass is 695 g/mol. The molecule has 1 fully saturated rings. The first-order valence-electron chi connectivity index (χ1n) is 16.7. The molecule has 3 aliphatic rings. The van der Waals surface area contributed by atoms with Gasteiger partial charge in [-0.1, -0.05) is 23.8 Å². The summed E-state index contributed by atoms with van der Waals surface area (Å²) in [7, 11) is -4.18. The third-order valence-corrected chi connectivity index (χ3v) is 11.7. The number of aromatic nitrogens is 3. The molecule has 2 heterocycles. The number of sulfonamides is 1. The molecule has 2 aromatic carbocycles. The fraction of sp³-hybridized carbons (Fsp3) is 0.515. The maximum Gasteiger partial charge on any atom is 0.333 e. The summed E-state index contributed by atoms with van der Waals surface area (Å²) in [6, 6.07) is 7.94. The number of aryl methyl sites for hydroxylation is 2. The number of carbonyl (C=O) groups is 2. The van der Waals surface area contributed by atoms with Gasteiger partial charge in [0.15, 0.2) is 0 Å². The predicted octanol–water partition coefficient (Wildman–Crippen LogP) is 2.26. The first-order chi connectivity index (χ1) is 23.2. The number of nitrogens with zero attached hydrogens (tertiary/aromatic N) is 3. The second kappa shape index (κ2) is 15.4. The molecule has 1 aromatic heterocycles. The highest BCUT2D eigenvalue weighted by atomic mass is 32.2. The highest BCUT2D eigenvalue weighted by Crippen LogP contribution is 2.38. The number of rotatable bonds is 14. The summed E-state index contributed by atoms with van der Waals surface area (Å²) < 4.78 is 30.1. The Labute approximate surface area is 285 Å². The van der Waals surface area contributed by atoms with E-state index in [9.17, 15) is 23.1 Å². The van der Waals surface area contributed by atoms with Crippen LogP contribution in [0.25, 0.3) is 5.69 Å². The average molecular weight is 696 g/mol. The van der Waals surface area contributed by atoms with Crippen LogP contribution < -0.4 is 31.1 Å². The molecular formula is C33H43N8O5S2-. The van der Waals surface area contributed by atoms with Crippen molar-refractivity contribution in [3.63, 3.8) is 0 Å². The Bertz CT molecular complexity index is 1720. The fourth-order valence-corrected chi connectivity index (χ4v) is 8.83. The van der Waals surface area contributed by atoms with Gasteiger partial charge in [0.25, 0.3) is 10.0 Å². The molecule has 13 nitrogen and oxygen atoms in total. The molecule has 5 N–H and O–H groups in total. The molecule has 3 aromatic rings. The van der Waals surface area contributed by atoms with Crippen LogP contribution in [0, 0.1) is 0 Å². The van der Waals surface area contributed by atoms with E-state index in [0.29, 0.717) is 17.8 Å². The van der Waals surface area contributed by atoms with Crippen molar-refractivity contribution in [1.29, 1.82) is 0 Å². The number of thioether (sulfide) groups is 1. The van der Waals surface area contributed by atoms with Gasteiger partial charge in [-0.2, -0.15) is 11.8 Å². The summed E-state index contributed by atoms with van der Waals surface area (Å²) in [4.78, 5) is 25.3. The van der Waals surface area contributed by atoms with E-state index in [0.717, 1.165) is 86.1 Å². The number of amides is 3. The number of nitrogens with one attached hydrogen (secondary N) is 5. The van der Waals surface area contributed by atoms with Crippen molar-refractivity contribution in [2.24, 2.45) is 0 Å². The second-order valence-electron chi connectivity index (χ2n) is 12.7. The Morgan fingerprint density at radius 2 is 1.81 bits per heavy atom. The van der Waals surface area contributed by atoms with E-state index >= 15 is 0 Å². The van der Waals surface area contributed by atoms with Crippen LogP contribution in [0.1, 0.15) is 73.4 Å². The standard InChI is InChI=1S/C33H43N8O5S2/c1-21-29(36-32(43)35-21)20-47-15-4-2-3-14-30(42)34-18-24-19-41(40-38-24)25-10-7-11-26(17-25)48(45,46)39-33(44)37-31-27-12-5-8-22(27)16-23-9-6-13-28(23)31/h7,10-11,16-17,19,21,29,32,35-36H,2-6,8-9,12-15,18,20H2,1H3,(H,34,42)(H2,37,39,44)/q-1/t21-,29+,32?/m1/s1. The summed E-state index contributed by atoms with van der Waals surface area (Å²) >= 11 is 1.82. The molecule has 6 rings (SSSR count). The average Bonchev–Trinajstić information content (AvgIpc) is 3.87. The normalized spacial score (nSPS) is 20.0. The zero-order valence-corrected chi connectivity index (χ0v) is 28.7. The van der Waals surface area contributed by atoms with Crippen LogP contribution in [0.3, 0.4) is 0 Å². The zero-order chi connectivity index (χ0) is 33.7. The lowest BCUT2D eigenvalue weighted by Crippen LogP contribution is -2.45. The van der Waals surface area contributed by atoms with Gasteiger partial charge < -0.3 is 26.4 Å². The third kappa shape index (κ3) is 8.37. The zero-order valence-electron chi connectivity index (χ0n) is 27.1.